The summed E-state index contributed by atoms with van der Waals surface area (Å²) in [7, 11) is 2.14. The second-order valence-electron chi connectivity index (χ2n) is 9.26. The van der Waals surface area contributed by atoms with Crippen LogP contribution in [0.2, 0.25) is 0 Å². The van der Waals surface area contributed by atoms with Crippen LogP contribution in [0.5, 0.6) is 0 Å². The molecule has 44 heavy (non-hydrogen) atoms. The van der Waals surface area contributed by atoms with Crippen molar-refractivity contribution >= 4 is 43.6 Å². The Morgan fingerprint density at radius 1 is 0.614 bits per heavy atom. The van der Waals surface area contributed by atoms with Crippen LogP contribution in [0, 0.1) is 11.3 Å². The van der Waals surface area contributed by atoms with E-state index in [0.717, 1.165) is 16.7 Å². The number of fused-ring (bicyclic) bond motifs is 6. The minimum atomic E-state index is 0.599. The molecule has 0 saturated carbocycles. The third-order valence-corrected chi connectivity index (χ3v) is 7.29. The van der Waals surface area contributed by atoms with Crippen molar-refractivity contribution < 1.29 is 0 Å². The molecule has 3 heterocycles. The summed E-state index contributed by atoms with van der Waals surface area (Å²) in [5.74, 6) is 0. The number of nitrogens with zero attached hydrogens (tertiary/aromatic N) is 4. The predicted octanol–water partition coefficient (Wildman–Crippen LogP) is 11.5. The number of para-hydroxylation sites is 2. The molecule has 0 radical (unpaired) electrons. The lowest BCUT2D eigenvalue weighted by molar-refractivity contribution is 0.834. The van der Waals surface area contributed by atoms with Gasteiger partial charge in [-0.1, -0.05) is 116 Å². The van der Waals surface area contributed by atoms with Gasteiger partial charge in [-0.2, -0.15) is 5.26 Å². The molecule has 7 rings (SSSR count). The molecule has 0 aliphatic carbocycles. The molecule has 0 saturated heterocycles. The molecule has 0 fully saturated rings. The largest absolute Gasteiger partial charge is 0.344 e. The first-order valence-corrected chi connectivity index (χ1v) is 16.1. The zero-order chi connectivity index (χ0) is 32.2. The quantitative estimate of drug-likeness (QED) is 0.208. The highest BCUT2D eigenvalue weighted by Gasteiger charge is 2.16. The highest BCUT2D eigenvalue weighted by Crippen LogP contribution is 2.38. The second kappa shape index (κ2) is 16.1. The maximum atomic E-state index is 9.37. The molecule has 7 aromatic rings. The lowest BCUT2D eigenvalue weighted by Crippen LogP contribution is -2.02. The molecule has 0 amide bonds. The first kappa shape index (κ1) is 33.6. The Morgan fingerprint density at radius 3 is 1.93 bits per heavy atom. The van der Waals surface area contributed by atoms with E-state index in [1.54, 1.807) is 12.3 Å². The molecular weight excluding hydrogens is 536 g/mol. The van der Waals surface area contributed by atoms with Crippen molar-refractivity contribution in [1.82, 2.24) is 14.1 Å². The Hall–Kier alpha value is -4.88. The minimum absolute atomic E-state index is 0.599. The van der Waals surface area contributed by atoms with Crippen LogP contribution in [0.15, 0.2) is 103 Å². The van der Waals surface area contributed by atoms with Gasteiger partial charge in [-0.25, -0.2) is 0 Å². The summed E-state index contributed by atoms with van der Waals surface area (Å²) < 4.78 is 4.60. The summed E-state index contributed by atoms with van der Waals surface area (Å²) in [5, 5.41) is 14.4. The normalized spacial score (nSPS) is 10.0. The number of pyridine rings is 1. The third kappa shape index (κ3) is 6.24. The second-order valence-corrected chi connectivity index (χ2v) is 9.26. The molecule has 0 atom stereocenters. The molecule has 3 aromatic heterocycles. The Kier molecular flexibility index (Phi) is 12.3. The average molecular weight is 583 g/mol. The number of hydrogen-bond acceptors (Lipinski definition) is 2. The van der Waals surface area contributed by atoms with Crippen LogP contribution >= 0.6 is 0 Å². The van der Waals surface area contributed by atoms with Crippen LogP contribution in [0.3, 0.4) is 0 Å². The van der Waals surface area contributed by atoms with Crippen LogP contribution in [-0.2, 0) is 13.6 Å². The molecule has 0 spiro atoms. The van der Waals surface area contributed by atoms with Gasteiger partial charge in [-0.15, -0.1) is 0 Å². The number of rotatable bonds is 3. The molecule has 226 valence electrons. The fourth-order valence-electron chi connectivity index (χ4n) is 5.63. The number of hydrogen-bond donors (Lipinski definition) is 0. The van der Waals surface area contributed by atoms with Crippen LogP contribution in [0.25, 0.3) is 54.7 Å². The van der Waals surface area contributed by atoms with Crippen LogP contribution in [-0.4, -0.2) is 14.1 Å². The average Bonchev–Trinajstić information content (AvgIpc) is 3.59. The highest BCUT2D eigenvalue weighted by molar-refractivity contribution is 6.16. The van der Waals surface area contributed by atoms with Crippen molar-refractivity contribution in [3.63, 3.8) is 0 Å². The highest BCUT2D eigenvalue weighted by atomic mass is 15.0. The van der Waals surface area contributed by atoms with Crippen LogP contribution < -0.4 is 0 Å². The Labute approximate surface area is 263 Å². The SMILES string of the molecule is CC.CC.CC.CC.Cn1c2ccccc2c2c(-c3ccc4c5ccccc5n(Cc5cc(C#N)ccn5)c4c3)cccc21. The van der Waals surface area contributed by atoms with Crippen molar-refractivity contribution in [1.29, 1.82) is 5.26 Å². The van der Waals surface area contributed by atoms with Crippen LogP contribution in [0.4, 0.5) is 0 Å². The zero-order valence-electron chi connectivity index (χ0n) is 27.8. The first-order valence-electron chi connectivity index (χ1n) is 16.1. The lowest BCUT2D eigenvalue weighted by Gasteiger charge is -2.10. The molecule has 4 heteroatoms. The van der Waals surface area contributed by atoms with Gasteiger partial charge in [0.2, 0.25) is 0 Å². The summed E-state index contributed by atoms with van der Waals surface area (Å²) in [6.07, 6.45) is 1.72. The van der Waals surface area contributed by atoms with E-state index in [9.17, 15) is 5.26 Å². The van der Waals surface area contributed by atoms with Gasteiger partial charge in [0.25, 0.3) is 0 Å². The predicted molar refractivity (Wildman–Crippen MR) is 192 cm³/mol. The monoisotopic (exact) mass is 582 g/mol. The van der Waals surface area contributed by atoms with E-state index in [1.807, 2.05) is 61.5 Å². The van der Waals surface area contributed by atoms with Gasteiger partial charge in [-0.3, -0.25) is 4.98 Å². The van der Waals surface area contributed by atoms with Crippen molar-refractivity contribution in [2.45, 2.75) is 61.9 Å². The van der Waals surface area contributed by atoms with E-state index in [4.69, 9.17) is 0 Å². The Morgan fingerprint density at radius 2 is 1.23 bits per heavy atom. The molecule has 0 bridgehead atoms. The fraction of sp³-hybridized carbons (Fsp3) is 0.250. The summed E-state index contributed by atoms with van der Waals surface area (Å²) in [6, 6.07) is 36.3. The van der Waals surface area contributed by atoms with Gasteiger partial charge < -0.3 is 9.13 Å². The lowest BCUT2D eigenvalue weighted by atomic mass is 9.98. The van der Waals surface area contributed by atoms with Gasteiger partial charge >= 0.3 is 0 Å². The van der Waals surface area contributed by atoms with Gasteiger partial charge in [-0.05, 0) is 47.5 Å². The van der Waals surface area contributed by atoms with Gasteiger partial charge in [0, 0.05) is 51.3 Å². The maximum Gasteiger partial charge on any atom is 0.0992 e. The molecule has 4 aromatic carbocycles. The maximum absolute atomic E-state index is 9.37. The molecule has 0 aliphatic heterocycles. The Bertz CT molecular complexity index is 2000. The zero-order valence-corrected chi connectivity index (χ0v) is 27.8. The third-order valence-electron chi connectivity index (χ3n) is 7.29. The summed E-state index contributed by atoms with van der Waals surface area (Å²) in [4.78, 5) is 4.56. The van der Waals surface area contributed by atoms with Crippen molar-refractivity contribution in [2.24, 2.45) is 7.05 Å². The van der Waals surface area contributed by atoms with E-state index < -0.39 is 0 Å². The van der Waals surface area contributed by atoms with E-state index in [1.165, 1.54) is 43.7 Å². The number of nitriles is 1. The van der Waals surface area contributed by atoms with E-state index in [0.29, 0.717) is 12.1 Å². The number of aryl methyl sites for hydroxylation is 1. The summed E-state index contributed by atoms with van der Waals surface area (Å²) >= 11 is 0. The van der Waals surface area contributed by atoms with Crippen molar-refractivity contribution in [3.05, 3.63) is 115 Å². The van der Waals surface area contributed by atoms with Gasteiger partial charge in [0.15, 0.2) is 0 Å². The van der Waals surface area contributed by atoms with E-state index >= 15 is 0 Å². The van der Waals surface area contributed by atoms with E-state index in [2.05, 4.69) is 112 Å². The minimum Gasteiger partial charge on any atom is -0.344 e. The van der Waals surface area contributed by atoms with Crippen LogP contribution in [0.1, 0.15) is 66.6 Å². The molecule has 0 aliphatic rings. The van der Waals surface area contributed by atoms with Crippen molar-refractivity contribution in [3.8, 4) is 17.2 Å². The molecular formula is C40H46N4. The Balaban J connectivity index is 0.000000615. The fourth-order valence-corrected chi connectivity index (χ4v) is 5.63. The van der Waals surface area contributed by atoms with Crippen molar-refractivity contribution in [2.75, 3.05) is 0 Å². The summed E-state index contributed by atoms with van der Waals surface area (Å²) in [5.41, 5.74) is 8.71. The van der Waals surface area contributed by atoms with Gasteiger partial charge in [0.1, 0.15) is 0 Å². The molecule has 0 N–H and O–H groups in total. The summed E-state index contributed by atoms with van der Waals surface area (Å²) in [6.45, 7) is 16.6. The standard InChI is InChI=1S/C32H22N4.4C2H6/c1-35-28-10-4-3-8-27(28)32-24(9-6-12-30(32)35)22-13-14-26-25-7-2-5-11-29(25)36(31(26)18-22)20-23-17-21(19-33)15-16-34-23;4*1-2/h2-18H,20H2,1H3;4*1-2H3. The van der Waals surface area contributed by atoms with E-state index in [-0.39, 0.29) is 0 Å². The molecule has 4 nitrogen and oxygen atoms in total. The smallest absolute Gasteiger partial charge is 0.0992 e. The number of benzene rings is 4. The first-order chi connectivity index (χ1) is 21.7. The topological polar surface area (TPSA) is 46.5 Å². The number of aromatic nitrogens is 3. The van der Waals surface area contributed by atoms with Gasteiger partial charge in [0.05, 0.1) is 29.4 Å². The molecule has 0 unspecified atom stereocenters.